The summed E-state index contributed by atoms with van der Waals surface area (Å²) in [6.45, 7) is 1.97. The minimum atomic E-state index is -4.52. The molecule has 12 heteroatoms. The fourth-order valence-electron chi connectivity index (χ4n) is 3.25. The van der Waals surface area contributed by atoms with E-state index in [1.165, 1.54) is 15.7 Å². The molecule has 32 heavy (non-hydrogen) atoms. The predicted octanol–water partition coefficient (Wildman–Crippen LogP) is 5.00. The molecule has 7 nitrogen and oxygen atoms in total. The predicted molar refractivity (Wildman–Crippen MR) is 113 cm³/mol. The van der Waals surface area contributed by atoms with Crippen molar-refractivity contribution in [1.82, 2.24) is 24.5 Å². The van der Waals surface area contributed by atoms with Gasteiger partial charge in [0.25, 0.3) is 0 Å². The lowest BCUT2D eigenvalue weighted by molar-refractivity contribution is -0.141. The van der Waals surface area contributed by atoms with Gasteiger partial charge < -0.3 is 0 Å². The first kappa shape index (κ1) is 22.6. The Balaban J connectivity index is 1.40. The van der Waals surface area contributed by atoms with E-state index < -0.39 is 23.7 Å². The second kappa shape index (κ2) is 8.74. The summed E-state index contributed by atoms with van der Waals surface area (Å²) >= 11 is 12.1. The number of rotatable bonds is 7. The van der Waals surface area contributed by atoms with Crippen LogP contribution in [0.25, 0.3) is 0 Å². The largest absolute Gasteiger partial charge is 0.435 e. The Bertz CT molecular complexity index is 1140. The SMILES string of the molecule is CC(Cn1nc(C(F)(F)F)cc1C1CC1)C(=O)Nc1ncn(Cc2ccc(Cl)cc2Cl)n1. The third-order valence-corrected chi connectivity index (χ3v) is 5.70. The molecule has 1 N–H and O–H groups in total. The summed E-state index contributed by atoms with van der Waals surface area (Å²) in [5.41, 5.74) is 0.353. The van der Waals surface area contributed by atoms with E-state index in [0.29, 0.717) is 22.3 Å². The van der Waals surface area contributed by atoms with Crippen LogP contribution in [0.1, 0.15) is 42.6 Å². The molecule has 1 aromatic carbocycles. The zero-order chi connectivity index (χ0) is 23.0. The summed E-state index contributed by atoms with van der Waals surface area (Å²) in [7, 11) is 0. The molecule has 0 aliphatic heterocycles. The standard InChI is InChI=1S/C20H19Cl2F3N6O/c1-11(8-31-16(12-2-3-12)7-17(28-31)20(23,24)25)18(32)27-19-26-10-30(29-19)9-13-4-5-14(21)6-15(13)22/h4-7,10-12H,2-3,8-9H2,1H3,(H,27,29,32). The number of amides is 1. The number of carbonyl (C=O) groups excluding carboxylic acids is 1. The Morgan fingerprint density at radius 3 is 2.66 bits per heavy atom. The molecule has 0 radical (unpaired) electrons. The molecule has 0 saturated heterocycles. The number of benzene rings is 1. The summed E-state index contributed by atoms with van der Waals surface area (Å²) < 4.78 is 42.0. The van der Waals surface area contributed by atoms with E-state index >= 15 is 0 Å². The van der Waals surface area contributed by atoms with Crippen LogP contribution >= 0.6 is 23.2 Å². The van der Waals surface area contributed by atoms with Crippen LogP contribution < -0.4 is 5.32 Å². The lowest BCUT2D eigenvalue weighted by Crippen LogP contribution is -2.26. The van der Waals surface area contributed by atoms with Gasteiger partial charge in [0.05, 0.1) is 19.0 Å². The molecule has 1 saturated carbocycles. The summed E-state index contributed by atoms with van der Waals surface area (Å²) in [6.07, 6.45) is -1.44. The van der Waals surface area contributed by atoms with Crippen molar-refractivity contribution in [2.24, 2.45) is 5.92 Å². The maximum Gasteiger partial charge on any atom is 0.435 e. The van der Waals surface area contributed by atoms with E-state index in [2.05, 4.69) is 20.5 Å². The summed E-state index contributed by atoms with van der Waals surface area (Å²) in [4.78, 5) is 16.6. The number of hydrogen-bond acceptors (Lipinski definition) is 4. The molecule has 4 rings (SSSR count). The van der Waals surface area contributed by atoms with Crippen LogP contribution in [-0.4, -0.2) is 30.5 Å². The molecular weight excluding hydrogens is 468 g/mol. The molecular formula is C20H19Cl2F3N6O. The van der Waals surface area contributed by atoms with Crippen molar-refractivity contribution in [3.05, 3.63) is 57.6 Å². The first-order valence-corrected chi connectivity index (χ1v) is 10.6. The van der Waals surface area contributed by atoms with Crippen molar-refractivity contribution < 1.29 is 18.0 Å². The van der Waals surface area contributed by atoms with Crippen LogP contribution in [0.3, 0.4) is 0 Å². The number of carbonyl (C=O) groups is 1. The lowest BCUT2D eigenvalue weighted by atomic mass is 10.1. The summed E-state index contributed by atoms with van der Waals surface area (Å²) in [6, 6.07) is 6.17. The first-order valence-electron chi connectivity index (χ1n) is 9.89. The van der Waals surface area contributed by atoms with Crippen molar-refractivity contribution in [3.8, 4) is 0 Å². The zero-order valence-electron chi connectivity index (χ0n) is 16.9. The topological polar surface area (TPSA) is 77.6 Å². The Hall–Kier alpha value is -2.59. The van der Waals surface area contributed by atoms with Crippen LogP contribution in [0.4, 0.5) is 19.1 Å². The van der Waals surface area contributed by atoms with Gasteiger partial charge in [0, 0.05) is 21.7 Å². The van der Waals surface area contributed by atoms with Gasteiger partial charge >= 0.3 is 6.18 Å². The van der Waals surface area contributed by atoms with Crippen LogP contribution in [0.15, 0.2) is 30.6 Å². The van der Waals surface area contributed by atoms with Gasteiger partial charge in [-0.2, -0.15) is 18.3 Å². The second-order valence-electron chi connectivity index (χ2n) is 7.80. The molecule has 1 aliphatic carbocycles. The number of aromatic nitrogens is 5. The van der Waals surface area contributed by atoms with Gasteiger partial charge in [0.2, 0.25) is 11.9 Å². The highest BCUT2D eigenvalue weighted by molar-refractivity contribution is 6.35. The quantitative estimate of drug-likeness (QED) is 0.509. The van der Waals surface area contributed by atoms with Gasteiger partial charge in [-0.05, 0) is 36.6 Å². The number of halogens is 5. The van der Waals surface area contributed by atoms with Gasteiger partial charge in [-0.15, -0.1) is 5.10 Å². The van der Waals surface area contributed by atoms with Gasteiger partial charge in [-0.3, -0.25) is 14.8 Å². The van der Waals surface area contributed by atoms with E-state index in [9.17, 15) is 18.0 Å². The molecule has 1 fully saturated rings. The van der Waals surface area contributed by atoms with Crippen LogP contribution in [0.5, 0.6) is 0 Å². The molecule has 3 aromatic rings. The molecule has 2 aromatic heterocycles. The highest BCUT2D eigenvalue weighted by atomic mass is 35.5. The van der Waals surface area contributed by atoms with Crippen LogP contribution in [0, 0.1) is 5.92 Å². The Labute approximate surface area is 191 Å². The molecule has 1 atom stereocenters. The van der Waals surface area contributed by atoms with Gasteiger partial charge in [0.1, 0.15) is 6.33 Å². The van der Waals surface area contributed by atoms with Crippen molar-refractivity contribution in [2.75, 3.05) is 5.32 Å². The number of anilines is 1. The van der Waals surface area contributed by atoms with E-state index in [1.54, 1.807) is 25.1 Å². The Morgan fingerprint density at radius 1 is 1.25 bits per heavy atom. The number of hydrogen-bond donors (Lipinski definition) is 1. The van der Waals surface area contributed by atoms with Crippen molar-refractivity contribution >= 4 is 35.1 Å². The molecule has 1 amide bonds. The fraction of sp³-hybridized carbons (Fsp3) is 0.400. The molecule has 170 valence electrons. The maximum atomic E-state index is 13.1. The molecule has 1 unspecified atom stereocenters. The monoisotopic (exact) mass is 486 g/mol. The fourth-order valence-corrected chi connectivity index (χ4v) is 3.72. The van der Waals surface area contributed by atoms with E-state index in [-0.39, 0.29) is 18.4 Å². The molecule has 2 heterocycles. The highest BCUT2D eigenvalue weighted by Gasteiger charge is 2.38. The normalized spacial score (nSPS) is 15.1. The molecule has 0 bridgehead atoms. The number of alkyl halides is 3. The number of nitrogens with one attached hydrogen (secondary N) is 1. The third-order valence-electron chi connectivity index (χ3n) is 5.11. The Morgan fingerprint density at radius 2 is 2.00 bits per heavy atom. The van der Waals surface area contributed by atoms with Crippen molar-refractivity contribution in [3.63, 3.8) is 0 Å². The summed E-state index contributed by atoms with van der Waals surface area (Å²) in [5, 5.41) is 11.5. The highest BCUT2D eigenvalue weighted by Crippen LogP contribution is 2.42. The first-order chi connectivity index (χ1) is 15.1. The minimum Gasteiger partial charge on any atom is -0.293 e. The van der Waals surface area contributed by atoms with E-state index in [1.807, 2.05) is 0 Å². The van der Waals surface area contributed by atoms with Crippen LogP contribution in [0.2, 0.25) is 10.0 Å². The van der Waals surface area contributed by atoms with Crippen molar-refractivity contribution in [1.29, 1.82) is 0 Å². The zero-order valence-corrected chi connectivity index (χ0v) is 18.4. The van der Waals surface area contributed by atoms with E-state index in [0.717, 1.165) is 24.5 Å². The lowest BCUT2D eigenvalue weighted by Gasteiger charge is -2.13. The number of nitrogens with zero attached hydrogens (tertiary/aromatic N) is 5. The van der Waals surface area contributed by atoms with Gasteiger partial charge in [-0.25, -0.2) is 9.67 Å². The average Bonchev–Trinajstić information content (AvgIpc) is 3.31. The van der Waals surface area contributed by atoms with Crippen LogP contribution in [-0.2, 0) is 24.1 Å². The van der Waals surface area contributed by atoms with E-state index in [4.69, 9.17) is 23.2 Å². The smallest absolute Gasteiger partial charge is 0.293 e. The average molecular weight is 487 g/mol. The maximum absolute atomic E-state index is 13.1. The Kier molecular flexibility index (Phi) is 6.17. The third kappa shape index (κ3) is 5.24. The minimum absolute atomic E-state index is 0.0227. The van der Waals surface area contributed by atoms with Crippen molar-refractivity contribution in [2.45, 2.75) is 44.9 Å². The summed E-state index contributed by atoms with van der Waals surface area (Å²) in [5.74, 6) is -0.916. The molecule has 0 spiro atoms. The van der Waals surface area contributed by atoms with Gasteiger partial charge in [0.15, 0.2) is 5.69 Å². The second-order valence-corrected chi connectivity index (χ2v) is 8.64. The van der Waals surface area contributed by atoms with Gasteiger partial charge in [-0.1, -0.05) is 36.2 Å². The molecule has 1 aliphatic rings.